The van der Waals surface area contributed by atoms with Crippen LogP contribution in [-0.2, 0) is 6.54 Å². The zero-order valence-corrected chi connectivity index (χ0v) is 21.4. The summed E-state index contributed by atoms with van der Waals surface area (Å²) in [5.41, 5.74) is 8.29. The Morgan fingerprint density at radius 1 is 1.15 bits per heavy atom. The number of rotatable bonds is 6. The van der Waals surface area contributed by atoms with Crippen molar-refractivity contribution in [3.63, 3.8) is 0 Å². The first-order valence-electron chi connectivity index (χ1n) is 12.8. The van der Waals surface area contributed by atoms with Crippen molar-refractivity contribution in [2.24, 2.45) is 0 Å². The van der Waals surface area contributed by atoms with Crippen LogP contribution in [0.2, 0.25) is 0 Å². The number of nitrogens with one attached hydrogen (secondary N) is 1. The Morgan fingerprint density at radius 3 is 2.62 bits per heavy atom. The summed E-state index contributed by atoms with van der Waals surface area (Å²) in [7, 11) is 0. The third kappa shape index (κ3) is 5.31. The first-order valence-corrected chi connectivity index (χ1v) is 12.8. The van der Waals surface area contributed by atoms with Crippen LogP contribution in [0.5, 0.6) is 0 Å². The number of alkyl halides is 5. The number of aromatic nitrogens is 7. The minimum Gasteiger partial charge on any atom is -0.382 e. The maximum Gasteiger partial charge on any atom is 0.258 e. The molecule has 2 fully saturated rings. The van der Waals surface area contributed by atoms with Gasteiger partial charge < -0.3 is 11.1 Å². The number of nitrogen functional groups attached to an aromatic ring is 1. The lowest BCUT2D eigenvalue weighted by Crippen LogP contribution is -2.57. The molecule has 4 aromatic rings. The summed E-state index contributed by atoms with van der Waals surface area (Å²) in [4.78, 5) is 10.5. The highest BCUT2D eigenvalue weighted by Crippen LogP contribution is 2.41. The Balaban J connectivity index is 0.00000151. The Hall–Kier alpha value is -3.62. The fourth-order valence-electron chi connectivity index (χ4n) is 5.05. The highest BCUT2D eigenvalue weighted by molar-refractivity contribution is 5.88. The third-order valence-electron chi connectivity index (χ3n) is 6.96. The predicted octanol–water partition coefficient (Wildman–Crippen LogP) is 4.03. The van der Waals surface area contributed by atoms with Crippen LogP contribution in [0.15, 0.2) is 24.4 Å². The highest BCUT2D eigenvalue weighted by Gasteiger charge is 2.49. The summed E-state index contributed by atoms with van der Waals surface area (Å²) in [5, 5.41) is 15.0. The summed E-state index contributed by atoms with van der Waals surface area (Å²) in [5.74, 6) is -2.40. The molecular weight excluding hydrogens is 523 g/mol. The Bertz CT molecular complexity index is 1450. The van der Waals surface area contributed by atoms with Crippen molar-refractivity contribution in [3.05, 3.63) is 24.4 Å². The van der Waals surface area contributed by atoms with Crippen LogP contribution in [-0.4, -0.2) is 83.2 Å². The lowest BCUT2D eigenvalue weighted by atomic mass is 9.85. The van der Waals surface area contributed by atoms with Gasteiger partial charge in [-0.3, -0.25) is 4.90 Å². The molecule has 0 amide bonds. The van der Waals surface area contributed by atoms with Crippen molar-refractivity contribution in [1.82, 2.24) is 39.5 Å². The van der Waals surface area contributed by atoms with E-state index in [9.17, 15) is 22.0 Å². The van der Waals surface area contributed by atoms with Gasteiger partial charge in [-0.15, -0.1) is 10.2 Å². The van der Waals surface area contributed by atoms with E-state index in [-0.39, 0.29) is 42.8 Å². The predicted molar refractivity (Wildman–Crippen MR) is 136 cm³/mol. The number of hydrogen-bond donors (Lipinski definition) is 2. The molecule has 210 valence electrons. The van der Waals surface area contributed by atoms with E-state index < -0.39 is 31.1 Å². The van der Waals surface area contributed by atoms with Crippen molar-refractivity contribution < 1.29 is 22.0 Å². The second-order valence-corrected chi connectivity index (χ2v) is 9.51. The van der Waals surface area contributed by atoms with Gasteiger partial charge in [0.25, 0.3) is 12.3 Å². The van der Waals surface area contributed by atoms with Crippen LogP contribution in [0.3, 0.4) is 0 Å². The molecule has 5 heterocycles. The van der Waals surface area contributed by atoms with Crippen molar-refractivity contribution in [3.8, 4) is 11.3 Å². The van der Waals surface area contributed by atoms with Crippen molar-refractivity contribution in [2.75, 3.05) is 24.1 Å². The van der Waals surface area contributed by atoms with Gasteiger partial charge >= 0.3 is 0 Å². The van der Waals surface area contributed by atoms with Crippen LogP contribution >= 0.6 is 0 Å². The molecule has 39 heavy (non-hydrogen) atoms. The Morgan fingerprint density at radius 2 is 1.92 bits per heavy atom. The summed E-state index contributed by atoms with van der Waals surface area (Å²) in [6, 6.07) is 4.14. The van der Waals surface area contributed by atoms with Gasteiger partial charge in [0.1, 0.15) is 23.7 Å². The average molecular weight is 553 g/mol. The molecule has 15 heteroatoms. The summed E-state index contributed by atoms with van der Waals surface area (Å²) >= 11 is 0. The standard InChI is InChI=1S/C22H23F5N10.C2H6/c23-13-9-35(11-7-22(26,27)8-11)5-4-15(13)30-21-31-19(28)18-12(3-6-36(18)33-21)14-1-2-16-20(29-14)37(34-32-16)10-17(24)25;1-2/h1-3,6,11,13,15,17H,4-5,7-10H2,(H3,28,30,31,33);1-2H3. The fourth-order valence-corrected chi connectivity index (χ4v) is 5.05. The number of fused-ring (bicyclic) bond motifs is 2. The SMILES string of the molecule is CC.Nc1nc(NC2CCN(C3CC(F)(F)C3)CC2F)nn2ccc(-c3ccc4nnn(CC(F)F)c4n3)c12. The van der Waals surface area contributed by atoms with Gasteiger partial charge in [0.2, 0.25) is 5.95 Å². The van der Waals surface area contributed by atoms with Crippen molar-refractivity contribution in [2.45, 2.75) is 70.3 Å². The molecule has 0 spiro atoms. The molecule has 1 saturated heterocycles. The van der Waals surface area contributed by atoms with Gasteiger partial charge in [-0.25, -0.2) is 36.1 Å². The van der Waals surface area contributed by atoms with E-state index in [1.807, 2.05) is 13.8 Å². The molecule has 1 aliphatic heterocycles. The van der Waals surface area contributed by atoms with E-state index in [0.717, 1.165) is 4.68 Å². The quantitative estimate of drug-likeness (QED) is 0.345. The lowest BCUT2D eigenvalue weighted by molar-refractivity contribution is -0.131. The van der Waals surface area contributed by atoms with Crippen LogP contribution in [0.1, 0.15) is 33.1 Å². The van der Waals surface area contributed by atoms with Crippen molar-refractivity contribution >= 4 is 28.4 Å². The monoisotopic (exact) mass is 552 g/mol. The third-order valence-corrected chi connectivity index (χ3v) is 6.96. The maximum absolute atomic E-state index is 14.9. The smallest absolute Gasteiger partial charge is 0.258 e. The van der Waals surface area contributed by atoms with E-state index in [1.54, 1.807) is 29.3 Å². The normalized spacial score (nSPS) is 21.6. The minimum atomic E-state index is -2.65. The first kappa shape index (κ1) is 27.0. The number of nitrogens with two attached hydrogens (primary N) is 1. The molecule has 3 N–H and O–H groups in total. The molecule has 0 bridgehead atoms. The van der Waals surface area contributed by atoms with Gasteiger partial charge in [0, 0.05) is 43.7 Å². The largest absolute Gasteiger partial charge is 0.382 e. The molecule has 2 unspecified atom stereocenters. The molecule has 2 aliphatic rings. The average Bonchev–Trinajstić information content (AvgIpc) is 3.49. The van der Waals surface area contributed by atoms with E-state index in [0.29, 0.717) is 35.3 Å². The van der Waals surface area contributed by atoms with Crippen molar-refractivity contribution in [1.29, 1.82) is 0 Å². The highest BCUT2D eigenvalue weighted by atomic mass is 19.3. The molecular formula is C24H29F5N10. The lowest BCUT2D eigenvalue weighted by Gasteiger charge is -2.46. The van der Waals surface area contributed by atoms with Crippen LogP contribution in [0, 0.1) is 0 Å². The molecule has 0 radical (unpaired) electrons. The number of piperidine rings is 1. The van der Waals surface area contributed by atoms with Gasteiger partial charge in [-0.2, -0.15) is 4.98 Å². The number of hydrogen-bond acceptors (Lipinski definition) is 8. The summed E-state index contributed by atoms with van der Waals surface area (Å²) < 4.78 is 69.6. The molecule has 0 aromatic carbocycles. The van der Waals surface area contributed by atoms with Crippen LogP contribution < -0.4 is 11.1 Å². The molecule has 4 aromatic heterocycles. The van der Waals surface area contributed by atoms with Gasteiger partial charge in [0.05, 0.1) is 11.7 Å². The molecule has 10 nitrogen and oxygen atoms in total. The number of pyridine rings is 1. The Labute approximate surface area is 220 Å². The topological polar surface area (TPSA) is 115 Å². The minimum absolute atomic E-state index is 0.0644. The van der Waals surface area contributed by atoms with Gasteiger partial charge in [-0.05, 0) is 24.6 Å². The van der Waals surface area contributed by atoms with Crippen LogP contribution in [0.25, 0.3) is 27.9 Å². The number of halogens is 5. The van der Waals surface area contributed by atoms with E-state index >= 15 is 0 Å². The molecule has 1 aliphatic carbocycles. The van der Waals surface area contributed by atoms with E-state index in [1.165, 1.54) is 4.52 Å². The summed E-state index contributed by atoms with van der Waals surface area (Å²) in [6.45, 7) is 3.93. The van der Waals surface area contributed by atoms with Crippen LogP contribution in [0.4, 0.5) is 33.7 Å². The molecule has 2 atom stereocenters. The zero-order chi connectivity index (χ0) is 27.9. The van der Waals surface area contributed by atoms with Gasteiger partial charge in [-0.1, -0.05) is 19.1 Å². The second kappa shape index (κ2) is 10.5. The summed E-state index contributed by atoms with van der Waals surface area (Å²) in [6.07, 6.45) is -2.30. The molecule has 6 rings (SSSR count). The fraction of sp³-hybridized carbons (Fsp3) is 0.542. The number of nitrogens with zero attached hydrogens (tertiary/aromatic N) is 8. The van der Waals surface area contributed by atoms with E-state index in [4.69, 9.17) is 5.73 Å². The second-order valence-electron chi connectivity index (χ2n) is 9.51. The maximum atomic E-state index is 14.9. The Kier molecular flexibility index (Phi) is 7.27. The van der Waals surface area contributed by atoms with E-state index in [2.05, 4.69) is 30.7 Å². The zero-order valence-electron chi connectivity index (χ0n) is 21.4. The first-order chi connectivity index (χ1) is 18.7. The number of likely N-dealkylation sites (tertiary alicyclic amines) is 1. The van der Waals surface area contributed by atoms with Gasteiger partial charge in [0.15, 0.2) is 11.5 Å². The molecule has 1 saturated carbocycles. The number of anilines is 2.